The number of hydrogen-bond acceptors (Lipinski definition) is 3. The van der Waals surface area contributed by atoms with E-state index in [0.717, 1.165) is 24.2 Å². The second-order valence-corrected chi connectivity index (χ2v) is 4.51. The summed E-state index contributed by atoms with van der Waals surface area (Å²) in [4.78, 5) is 7.99. The van der Waals surface area contributed by atoms with Crippen molar-refractivity contribution in [1.82, 2.24) is 15.3 Å². The first-order valence-electron chi connectivity index (χ1n) is 6.47. The van der Waals surface area contributed by atoms with Crippen LogP contribution in [-0.4, -0.2) is 16.5 Å². The largest absolute Gasteiger partial charge is 0.306 e. The highest BCUT2D eigenvalue weighted by molar-refractivity contribution is 5.31. The Morgan fingerprint density at radius 2 is 2.16 bits per heavy atom. The molecule has 2 heterocycles. The lowest BCUT2D eigenvalue weighted by atomic mass is 9.99. The fourth-order valence-electron chi connectivity index (χ4n) is 2.06. The van der Waals surface area contributed by atoms with Crippen molar-refractivity contribution in [2.45, 2.75) is 26.3 Å². The summed E-state index contributed by atoms with van der Waals surface area (Å²) in [6, 6.07) is 5.45. The Labute approximate surface area is 112 Å². The summed E-state index contributed by atoms with van der Waals surface area (Å²) in [5.74, 6) is -0.287. The highest BCUT2D eigenvalue weighted by atomic mass is 19.1. The second-order valence-electron chi connectivity index (χ2n) is 4.51. The first-order valence-corrected chi connectivity index (χ1v) is 6.47. The van der Waals surface area contributed by atoms with Gasteiger partial charge in [0.15, 0.2) is 0 Å². The van der Waals surface area contributed by atoms with Gasteiger partial charge in [-0.15, -0.1) is 0 Å². The standard InChI is InChI=1S/C15H18FN3/c1-3-6-19-15(12-4-8-18-11(2)9-12)13-5-7-17-10-14(13)16/h4-5,7-10,15,19H,3,6H2,1-2H3. The molecule has 4 heteroatoms. The highest BCUT2D eigenvalue weighted by Crippen LogP contribution is 2.24. The van der Waals surface area contributed by atoms with E-state index in [4.69, 9.17) is 0 Å². The highest BCUT2D eigenvalue weighted by Gasteiger charge is 2.17. The normalized spacial score (nSPS) is 12.4. The molecule has 2 aromatic rings. The molecule has 1 N–H and O–H groups in total. The van der Waals surface area contributed by atoms with E-state index in [1.165, 1.54) is 6.20 Å². The predicted octanol–water partition coefficient (Wildman–Crippen LogP) is 3.01. The van der Waals surface area contributed by atoms with Gasteiger partial charge in [0.2, 0.25) is 0 Å². The number of nitrogens with one attached hydrogen (secondary N) is 1. The Balaban J connectivity index is 2.38. The summed E-state index contributed by atoms with van der Waals surface area (Å²) in [5.41, 5.74) is 2.57. The van der Waals surface area contributed by atoms with Gasteiger partial charge in [0.05, 0.1) is 12.2 Å². The van der Waals surface area contributed by atoms with Crippen LogP contribution in [0.1, 0.15) is 36.2 Å². The lowest BCUT2D eigenvalue weighted by molar-refractivity contribution is 0.542. The summed E-state index contributed by atoms with van der Waals surface area (Å²) in [5, 5.41) is 3.37. The third-order valence-corrected chi connectivity index (χ3v) is 2.97. The minimum Gasteiger partial charge on any atom is -0.306 e. The van der Waals surface area contributed by atoms with Crippen LogP contribution in [0.5, 0.6) is 0 Å². The van der Waals surface area contributed by atoms with Gasteiger partial charge in [-0.3, -0.25) is 9.97 Å². The number of rotatable bonds is 5. The van der Waals surface area contributed by atoms with E-state index < -0.39 is 0 Å². The first kappa shape index (κ1) is 13.6. The predicted molar refractivity (Wildman–Crippen MR) is 73.3 cm³/mol. The van der Waals surface area contributed by atoms with E-state index in [-0.39, 0.29) is 11.9 Å². The van der Waals surface area contributed by atoms with Gasteiger partial charge in [-0.05, 0) is 43.7 Å². The third kappa shape index (κ3) is 3.35. The second kappa shape index (κ2) is 6.38. The number of pyridine rings is 2. The molecule has 2 aromatic heterocycles. The van der Waals surface area contributed by atoms with Crippen LogP contribution in [0.2, 0.25) is 0 Å². The quantitative estimate of drug-likeness (QED) is 0.897. The van der Waals surface area contributed by atoms with Crippen molar-refractivity contribution in [3.63, 3.8) is 0 Å². The zero-order valence-corrected chi connectivity index (χ0v) is 11.2. The molecule has 3 nitrogen and oxygen atoms in total. The number of halogens is 1. The van der Waals surface area contributed by atoms with Gasteiger partial charge >= 0.3 is 0 Å². The first-order chi connectivity index (χ1) is 9.22. The maximum Gasteiger partial charge on any atom is 0.146 e. The maximum absolute atomic E-state index is 13.9. The summed E-state index contributed by atoms with van der Waals surface area (Å²) in [6.07, 6.45) is 5.62. The van der Waals surface area contributed by atoms with E-state index in [0.29, 0.717) is 5.56 Å². The Morgan fingerprint density at radius 1 is 1.32 bits per heavy atom. The smallest absolute Gasteiger partial charge is 0.146 e. The van der Waals surface area contributed by atoms with Crippen LogP contribution in [0.25, 0.3) is 0 Å². The summed E-state index contributed by atoms with van der Waals surface area (Å²) >= 11 is 0. The van der Waals surface area contributed by atoms with Gasteiger partial charge in [0.25, 0.3) is 0 Å². The molecule has 0 fully saturated rings. The lowest BCUT2D eigenvalue weighted by Gasteiger charge is -2.20. The van der Waals surface area contributed by atoms with Crippen LogP contribution in [0.4, 0.5) is 4.39 Å². The molecule has 0 saturated carbocycles. The van der Waals surface area contributed by atoms with Gasteiger partial charge in [-0.25, -0.2) is 4.39 Å². The zero-order chi connectivity index (χ0) is 13.7. The number of nitrogens with zero attached hydrogens (tertiary/aromatic N) is 2. The molecule has 0 amide bonds. The molecule has 1 atom stereocenters. The van der Waals surface area contributed by atoms with Crippen LogP contribution >= 0.6 is 0 Å². The Morgan fingerprint density at radius 3 is 2.84 bits per heavy atom. The molecule has 0 aliphatic heterocycles. The molecule has 0 aromatic carbocycles. The fraction of sp³-hybridized carbons (Fsp3) is 0.333. The SMILES string of the molecule is CCCNC(c1ccnc(C)c1)c1ccncc1F. The molecule has 2 rings (SSSR count). The van der Waals surface area contributed by atoms with Crippen molar-refractivity contribution in [3.05, 3.63) is 59.4 Å². The zero-order valence-electron chi connectivity index (χ0n) is 11.2. The molecular weight excluding hydrogens is 241 g/mol. The van der Waals surface area contributed by atoms with E-state index >= 15 is 0 Å². The van der Waals surface area contributed by atoms with Crippen LogP contribution < -0.4 is 5.32 Å². The third-order valence-electron chi connectivity index (χ3n) is 2.97. The van der Waals surface area contributed by atoms with Crippen molar-refractivity contribution in [1.29, 1.82) is 0 Å². The minimum absolute atomic E-state index is 0.162. The van der Waals surface area contributed by atoms with E-state index in [9.17, 15) is 4.39 Å². The van der Waals surface area contributed by atoms with Gasteiger partial charge < -0.3 is 5.32 Å². The summed E-state index contributed by atoms with van der Waals surface area (Å²) in [6.45, 7) is 4.85. The van der Waals surface area contributed by atoms with Crippen LogP contribution in [0.15, 0.2) is 36.8 Å². The van der Waals surface area contributed by atoms with E-state index in [2.05, 4.69) is 22.2 Å². The molecule has 0 bridgehead atoms. The summed E-state index contributed by atoms with van der Waals surface area (Å²) in [7, 11) is 0. The monoisotopic (exact) mass is 259 g/mol. The number of aryl methyl sites for hydroxylation is 1. The van der Waals surface area contributed by atoms with Gasteiger partial charge in [-0.1, -0.05) is 6.92 Å². The van der Waals surface area contributed by atoms with Crippen molar-refractivity contribution < 1.29 is 4.39 Å². The molecule has 0 aliphatic rings. The van der Waals surface area contributed by atoms with E-state index in [1.807, 2.05) is 19.1 Å². The number of hydrogen-bond donors (Lipinski definition) is 1. The fourth-order valence-corrected chi connectivity index (χ4v) is 2.06. The molecule has 100 valence electrons. The van der Waals surface area contributed by atoms with Gasteiger partial charge in [0, 0.05) is 23.7 Å². The molecule has 0 spiro atoms. The van der Waals surface area contributed by atoms with Crippen molar-refractivity contribution in [2.24, 2.45) is 0 Å². The number of aromatic nitrogens is 2. The van der Waals surface area contributed by atoms with Crippen LogP contribution in [0.3, 0.4) is 0 Å². The molecule has 19 heavy (non-hydrogen) atoms. The summed E-state index contributed by atoms with van der Waals surface area (Å²) < 4.78 is 13.9. The Bertz CT molecular complexity index is 542. The molecular formula is C15H18FN3. The van der Waals surface area contributed by atoms with Crippen molar-refractivity contribution >= 4 is 0 Å². The minimum atomic E-state index is -0.287. The molecule has 0 saturated heterocycles. The molecule has 1 unspecified atom stereocenters. The Hall–Kier alpha value is -1.81. The van der Waals surface area contributed by atoms with Crippen LogP contribution in [-0.2, 0) is 0 Å². The van der Waals surface area contributed by atoms with Gasteiger partial charge in [0.1, 0.15) is 5.82 Å². The van der Waals surface area contributed by atoms with Crippen molar-refractivity contribution in [2.75, 3.05) is 6.54 Å². The lowest BCUT2D eigenvalue weighted by Crippen LogP contribution is -2.24. The van der Waals surface area contributed by atoms with Crippen LogP contribution in [0, 0.1) is 12.7 Å². The van der Waals surface area contributed by atoms with Gasteiger partial charge in [-0.2, -0.15) is 0 Å². The van der Waals surface area contributed by atoms with Crippen molar-refractivity contribution in [3.8, 4) is 0 Å². The average molecular weight is 259 g/mol. The Kier molecular flexibility index (Phi) is 4.58. The topological polar surface area (TPSA) is 37.8 Å². The molecule has 0 aliphatic carbocycles. The average Bonchev–Trinajstić information content (AvgIpc) is 2.41. The van der Waals surface area contributed by atoms with E-state index in [1.54, 1.807) is 18.5 Å². The molecule has 0 radical (unpaired) electrons. The maximum atomic E-state index is 13.9.